The number of ether oxygens (including phenoxy) is 1. The van der Waals surface area contributed by atoms with Gasteiger partial charge in [0.15, 0.2) is 0 Å². The van der Waals surface area contributed by atoms with E-state index in [0.29, 0.717) is 6.61 Å². The second-order valence-corrected chi connectivity index (χ2v) is 5.12. The van der Waals surface area contributed by atoms with Crippen molar-refractivity contribution in [2.75, 3.05) is 39.2 Å². The van der Waals surface area contributed by atoms with E-state index in [0.717, 1.165) is 49.8 Å². The first-order chi connectivity index (χ1) is 9.38. The van der Waals surface area contributed by atoms with E-state index in [1.54, 1.807) is 18.9 Å². The third-order valence-corrected chi connectivity index (χ3v) is 3.56. The number of aliphatic hydroxyl groups is 1. The largest absolute Gasteiger partial charge is 0.396 e. The SMILES string of the molecule is COCCNCCn1nnnc1SCCCCCO. The number of nitrogens with one attached hydrogen (secondary N) is 1. The molecule has 1 rings (SSSR count). The number of aliphatic hydroxyl groups excluding tert-OH is 1. The highest BCUT2D eigenvalue weighted by Crippen LogP contribution is 2.15. The first-order valence-corrected chi connectivity index (χ1v) is 7.56. The van der Waals surface area contributed by atoms with Crippen LogP contribution in [0.15, 0.2) is 5.16 Å². The summed E-state index contributed by atoms with van der Waals surface area (Å²) >= 11 is 1.67. The molecule has 0 fully saturated rings. The summed E-state index contributed by atoms with van der Waals surface area (Å²) in [7, 11) is 1.69. The van der Waals surface area contributed by atoms with Crippen molar-refractivity contribution in [2.45, 2.75) is 31.0 Å². The van der Waals surface area contributed by atoms with Crippen molar-refractivity contribution in [1.82, 2.24) is 25.5 Å². The van der Waals surface area contributed by atoms with Crippen molar-refractivity contribution in [1.29, 1.82) is 0 Å². The molecule has 0 aliphatic rings. The Hall–Kier alpha value is -0.700. The number of rotatable bonds is 12. The molecule has 0 unspecified atom stereocenters. The van der Waals surface area contributed by atoms with Gasteiger partial charge in [-0.2, -0.15) is 0 Å². The molecule has 2 N–H and O–H groups in total. The topological polar surface area (TPSA) is 85.1 Å². The van der Waals surface area contributed by atoms with Gasteiger partial charge in [-0.1, -0.05) is 18.2 Å². The van der Waals surface area contributed by atoms with Gasteiger partial charge in [0.25, 0.3) is 0 Å². The van der Waals surface area contributed by atoms with E-state index in [4.69, 9.17) is 9.84 Å². The van der Waals surface area contributed by atoms with Gasteiger partial charge >= 0.3 is 0 Å². The fourth-order valence-electron chi connectivity index (χ4n) is 1.48. The highest BCUT2D eigenvalue weighted by molar-refractivity contribution is 7.99. The van der Waals surface area contributed by atoms with Crippen LogP contribution in [0.25, 0.3) is 0 Å². The van der Waals surface area contributed by atoms with Crippen LogP contribution >= 0.6 is 11.8 Å². The van der Waals surface area contributed by atoms with Gasteiger partial charge in [0.2, 0.25) is 5.16 Å². The van der Waals surface area contributed by atoms with E-state index in [2.05, 4.69) is 20.8 Å². The highest BCUT2D eigenvalue weighted by Gasteiger charge is 2.05. The summed E-state index contributed by atoms with van der Waals surface area (Å²) in [4.78, 5) is 0. The highest BCUT2D eigenvalue weighted by atomic mass is 32.2. The molecule has 0 spiro atoms. The monoisotopic (exact) mass is 289 g/mol. The van der Waals surface area contributed by atoms with Crippen molar-refractivity contribution in [3.8, 4) is 0 Å². The van der Waals surface area contributed by atoms with Gasteiger partial charge in [-0.3, -0.25) is 0 Å². The molecule has 0 saturated carbocycles. The van der Waals surface area contributed by atoms with Crippen LogP contribution < -0.4 is 5.32 Å². The Balaban J connectivity index is 2.15. The predicted octanol–water partition coefficient (Wildman–Crippen LogP) is 0.164. The van der Waals surface area contributed by atoms with Crippen molar-refractivity contribution < 1.29 is 9.84 Å². The van der Waals surface area contributed by atoms with Gasteiger partial charge in [0.05, 0.1) is 13.2 Å². The van der Waals surface area contributed by atoms with Crippen molar-refractivity contribution in [2.24, 2.45) is 0 Å². The molecule has 0 amide bonds. The molecule has 110 valence electrons. The van der Waals surface area contributed by atoms with Crippen LogP contribution in [-0.4, -0.2) is 64.5 Å². The maximum Gasteiger partial charge on any atom is 0.209 e. The first kappa shape index (κ1) is 16.4. The lowest BCUT2D eigenvalue weighted by Gasteiger charge is -2.05. The number of aromatic nitrogens is 4. The minimum Gasteiger partial charge on any atom is -0.396 e. The molecule has 0 aliphatic carbocycles. The Kier molecular flexibility index (Phi) is 9.60. The Morgan fingerprint density at radius 2 is 2.21 bits per heavy atom. The molecule has 0 atom stereocenters. The molecule has 0 saturated heterocycles. The molecule has 7 nitrogen and oxygen atoms in total. The number of hydrogen-bond donors (Lipinski definition) is 2. The van der Waals surface area contributed by atoms with Crippen LogP contribution in [0.3, 0.4) is 0 Å². The third kappa shape index (κ3) is 7.46. The van der Waals surface area contributed by atoms with Gasteiger partial charge in [-0.25, -0.2) is 4.68 Å². The molecule has 0 bridgehead atoms. The molecule has 1 aromatic rings. The quantitative estimate of drug-likeness (QED) is 0.419. The lowest BCUT2D eigenvalue weighted by atomic mass is 10.3. The maximum absolute atomic E-state index is 8.69. The Morgan fingerprint density at radius 1 is 1.32 bits per heavy atom. The Bertz CT molecular complexity index is 295. The van der Waals surface area contributed by atoms with Crippen LogP contribution in [0.2, 0.25) is 0 Å². The fraction of sp³-hybridized carbons (Fsp3) is 0.909. The van der Waals surface area contributed by atoms with Crippen LogP contribution in [0, 0.1) is 0 Å². The summed E-state index contributed by atoms with van der Waals surface area (Å²) in [5, 5.41) is 24.5. The van der Waals surface area contributed by atoms with Crippen molar-refractivity contribution in [3.05, 3.63) is 0 Å². The van der Waals surface area contributed by atoms with Crippen molar-refractivity contribution >= 4 is 11.8 Å². The molecular formula is C11H23N5O2S. The van der Waals surface area contributed by atoms with Gasteiger partial charge < -0.3 is 15.2 Å². The summed E-state index contributed by atoms with van der Waals surface area (Å²) in [5.41, 5.74) is 0. The second-order valence-electron chi connectivity index (χ2n) is 4.06. The zero-order valence-electron chi connectivity index (χ0n) is 11.4. The predicted molar refractivity (Wildman–Crippen MR) is 74.2 cm³/mol. The molecule has 1 heterocycles. The van der Waals surface area contributed by atoms with E-state index >= 15 is 0 Å². The lowest BCUT2D eigenvalue weighted by Crippen LogP contribution is -2.24. The minimum absolute atomic E-state index is 0.273. The first-order valence-electron chi connectivity index (χ1n) is 6.58. The van der Waals surface area contributed by atoms with Crippen molar-refractivity contribution in [3.63, 3.8) is 0 Å². The minimum atomic E-state index is 0.273. The number of hydrogen-bond acceptors (Lipinski definition) is 7. The van der Waals surface area contributed by atoms with Crippen LogP contribution in [0.5, 0.6) is 0 Å². The van der Waals surface area contributed by atoms with Crippen LogP contribution in [0.4, 0.5) is 0 Å². The zero-order chi connectivity index (χ0) is 13.8. The standard InChI is InChI=1S/C11H23N5O2S/c1-18-9-6-12-5-7-16-11(13-14-15-16)19-10-4-2-3-8-17/h12,17H,2-10H2,1H3. The number of tetrazole rings is 1. The van der Waals surface area contributed by atoms with Gasteiger partial charge in [0, 0.05) is 32.6 Å². The number of nitrogens with zero attached hydrogens (tertiary/aromatic N) is 4. The summed E-state index contributed by atoms with van der Waals surface area (Å²) in [6, 6.07) is 0. The number of unbranched alkanes of at least 4 members (excludes halogenated alkanes) is 2. The molecule has 0 radical (unpaired) electrons. The lowest BCUT2D eigenvalue weighted by molar-refractivity contribution is 0.199. The van der Waals surface area contributed by atoms with E-state index in [-0.39, 0.29) is 6.61 Å². The molecule has 0 aliphatic heterocycles. The average Bonchev–Trinajstić information content (AvgIpc) is 2.86. The average molecular weight is 289 g/mol. The van der Waals surface area contributed by atoms with E-state index in [1.165, 1.54) is 0 Å². The molecule has 0 aromatic carbocycles. The van der Waals surface area contributed by atoms with Gasteiger partial charge in [0.1, 0.15) is 0 Å². The Morgan fingerprint density at radius 3 is 3.00 bits per heavy atom. The maximum atomic E-state index is 8.69. The van der Waals surface area contributed by atoms with Crippen LogP contribution in [0.1, 0.15) is 19.3 Å². The number of thioether (sulfide) groups is 1. The molecule has 19 heavy (non-hydrogen) atoms. The molecular weight excluding hydrogens is 266 g/mol. The van der Waals surface area contributed by atoms with Gasteiger partial charge in [-0.15, -0.1) is 5.10 Å². The van der Waals surface area contributed by atoms with Crippen LogP contribution in [-0.2, 0) is 11.3 Å². The van der Waals surface area contributed by atoms with E-state index in [1.807, 2.05) is 4.68 Å². The van der Waals surface area contributed by atoms with Gasteiger partial charge in [-0.05, 0) is 23.3 Å². The summed E-state index contributed by atoms with van der Waals surface area (Å²) in [5.74, 6) is 0.984. The summed E-state index contributed by atoms with van der Waals surface area (Å²) in [6.45, 7) is 3.40. The summed E-state index contributed by atoms with van der Waals surface area (Å²) in [6.07, 6.45) is 2.99. The van der Waals surface area contributed by atoms with E-state index < -0.39 is 0 Å². The smallest absolute Gasteiger partial charge is 0.209 e. The fourth-order valence-corrected chi connectivity index (χ4v) is 2.38. The zero-order valence-corrected chi connectivity index (χ0v) is 12.2. The molecule has 8 heteroatoms. The number of methoxy groups -OCH3 is 1. The normalized spacial score (nSPS) is 11.1. The third-order valence-electron chi connectivity index (χ3n) is 2.52. The summed E-state index contributed by atoms with van der Waals surface area (Å²) < 4.78 is 6.77. The molecule has 1 aromatic heterocycles. The Labute approximate surface area is 118 Å². The second kappa shape index (κ2) is 11.2. The van der Waals surface area contributed by atoms with E-state index in [9.17, 15) is 0 Å².